The largest absolute Gasteiger partial charge is 0.466 e. The van der Waals surface area contributed by atoms with Gasteiger partial charge in [-0.1, -0.05) is 17.8 Å². The number of esters is 1. The molecule has 0 aliphatic heterocycles. The Hall–Kier alpha value is -2.20. The molecule has 0 fully saturated rings. The van der Waals surface area contributed by atoms with Crippen LogP contribution < -0.4 is 5.32 Å². The fourth-order valence-corrected chi connectivity index (χ4v) is 3.42. The maximum atomic E-state index is 12.1. The Kier molecular flexibility index (Phi) is 7.14. The number of ether oxygens (including phenoxy) is 1. The molecule has 0 bridgehead atoms. The molecular weight excluding hydrogens is 362 g/mol. The van der Waals surface area contributed by atoms with Crippen LogP contribution >= 0.6 is 23.1 Å². The van der Waals surface area contributed by atoms with Gasteiger partial charge in [0.1, 0.15) is 5.82 Å². The van der Waals surface area contributed by atoms with Gasteiger partial charge in [-0.3, -0.25) is 9.59 Å². The van der Waals surface area contributed by atoms with Gasteiger partial charge in [-0.2, -0.15) is 0 Å². The number of hydrogen-bond donors (Lipinski definition) is 1. The van der Waals surface area contributed by atoms with Crippen molar-refractivity contribution in [3.63, 3.8) is 0 Å². The van der Waals surface area contributed by atoms with E-state index in [1.165, 1.54) is 23.1 Å². The lowest BCUT2D eigenvalue weighted by molar-refractivity contribution is -0.142. The van der Waals surface area contributed by atoms with Crippen LogP contribution in [-0.4, -0.2) is 44.0 Å². The molecular formula is C15H19N5O3S2. The average molecular weight is 381 g/mol. The zero-order valence-corrected chi connectivity index (χ0v) is 15.7. The topological polar surface area (TPSA) is 99.0 Å². The Morgan fingerprint density at radius 2 is 2.28 bits per heavy atom. The van der Waals surface area contributed by atoms with E-state index in [1.54, 1.807) is 18.4 Å². The molecule has 2 heterocycles. The molecule has 2 aromatic heterocycles. The molecule has 134 valence electrons. The summed E-state index contributed by atoms with van der Waals surface area (Å²) in [5, 5.41) is 13.6. The van der Waals surface area contributed by atoms with Crippen molar-refractivity contribution in [1.29, 1.82) is 0 Å². The molecule has 1 N–H and O–H groups in total. The summed E-state index contributed by atoms with van der Waals surface area (Å²) >= 11 is 2.56. The monoisotopic (exact) mass is 381 g/mol. The van der Waals surface area contributed by atoms with E-state index < -0.39 is 0 Å². The van der Waals surface area contributed by atoms with Gasteiger partial charge in [0, 0.05) is 11.9 Å². The summed E-state index contributed by atoms with van der Waals surface area (Å²) in [7, 11) is 0. The summed E-state index contributed by atoms with van der Waals surface area (Å²) in [5.74, 6) is 0.416. The highest BCUT2D eigenvalue weighted by molar-refractivity contribution is 7.99. The number of allylic oxidation sites excluding steroid dienone is 1. The second-order valence-electron chi connectivity index (χ2n) is 4.89. The minimum Gasteiger partial charge on any atom is -0.466 e. The van der Waals surface area contributed by atoms with Crippen LogP contribution in [0, 0.1) is 6.92 Å². The van der Waals surface area contributed by atoms with E-state index in [1.807, 2.05) is 11.5 Å². The molecule has 8 nitrogen and oxygen atoms in total. The van der Waals surface area contributed by atoms with Crippen LogP contribution in [0.4, 0.5) is 5.13 Å². The lowest BCUT2D eigenvalue weighted by atomic mass is 10.3. The molecule has 0 aliphatic carbocycles. The normalized spacial score (nSPS) is 10.5. The standard InChI is InChI=1S/C15H19N5O3S2/c1-4-6-20-10(3)18-19-15(20)25-9-12(21)17-14-16-11(8-24-14)7-13(22)23-5-2/h4,8H,1,5-7,9H2,2-3H3,(H,16,17,21). The minimum atomic E-state index is -0.335. The number of amides is 1. The highest BCUT2D eigenvalue weighted by Gasteiger charge is 2.13. The second kappa shape index (κ2) is 9.33. The summed E-state index contributed by atoms with van der Waals surface area (Å²) in [4.78, 5) is 27.7. The van der Waals surface area contributed by atoms with Crippen LogP contribution in [0.3, 0.4) is 0 Å². The molecule has 0 aromatic carbocycles. The fourth-order valence-electron chi connectivity index (χ4n) is 1.90. The second-order valence-corrected chi connectivity index (χ2v) is 6.69. The number of thioether (sulfide) groups is 1. The van der Waals surface area contributed by atoms with Crippen molar-refractivity contribution >= 4 is 40.1 Å². The number of nitrogens with zero attached hydrogens (tertiary/aromatic N) is 4. The molecule has 0 saturated carbocycles. The lowest BCUT2D eigenvalue weighted by Gasteiger charge is -2.05. The first-order valence-electron chi connectivity index (χ1n) is 7.56. The first-order chi connectivity index (χ1) is 12.0. The first kappa shape index (κ1) is 19.1. The van der Waals surface area contributed by atoms with Crippen molar-refractivity contribution in [2.45, 2.75) is 32.0 Å². The molecule has 0 spiro atoms. The van der Waals surface area contributed by atoms with Crippen LogP contribution in [0.25, 0.3) is 0 Å². The number of thiazole rings is 1. The summed E-state index contributed by atoms with van der Waals surface area (Å²) in [6.07, 6.45) is 1.85. The van der Waals surface area contributed by atoms with Crippen LogP contribution in [0.1, 0.15) is 18.4 Å². The fraction of sp³-hybridized carbons (Fsp3) is 0.400. The van der Waals surface area contributed by atoms with Crippen LogP contribution in [0.15, 0.2) is 23.2 Å². The summed E-state index contributed by atoms with van der Waals surface area (Å²) in [6.45, 7) is 8.22. The molecule has 2 rings (SSSR count). The Bertz CT molecular complexity index is 756. The molecule has 2 aromatic rings. The van der Waals surface area contributed by atoms with Crippen molar-refractivity contribution in [3.05, 3.63) is 29.6 Å². The maximum absolute atomic E-state index is 12.1. The highest BCUT2D eigenvalue weighted by Crippen LogP contribution is 2.19. The number of hydrogen-bond acceptors (Lipinski definition) is 8. The van der Waals surface area contributed by atoms with E-state index in [2.05, 4.69) is 27.1 Å². The van der Waals surface area contributed by atoms with Gasteiger partial charge in [-0.05, 0) is 13.8 Å². The van der Waals surface area contributed by atoms with Crippen molar-refractivity contribution in [3.8, 4) is 0 Å². The quantitative estimate of drug-likeness (QED) is 0.403. The molecule has 0 saturated heterocycles. The van der Waals surface area contributed by atoms with Gasteiger partial charge in [-0.15, -0.1) is 28.1 Å². The average Bonchev–Trinajstić information content (AvgIpc) is 3.14. The minimum absolute atomic E-state index is 0.0961. The Balaban J connectivity index is 1.85. The SMILES string of the molecule is C=CCn1c(C)nnc1SCC(=O)Nc1nc(CC(=O)OCC)cs1. The molecule has 10 heteroatoms. The lowest BCUT2D eigenvalue weighted by Crippen LogP contribution is -2.15. The van der Waals surface area contributed by atoms with E-state index >= 15 is 0 Å². The van der Waals surface area contributed by atoms with E-state index in [9.17, 15) is 9.59 Å². The van der Waals surface area contributed by atoms with E-state index in [0.717, 1.165) is 5.82 Å². The van der Waals surface area contributed by atoms with E-state index in [-0.39, 0.29) is 24.1 Å². The van der Waals surface area contributed by atoms with Gasteiger partial charge >= 0.3 is 5.97 Å². The number of carbonyl (C=O) groups excluding carboxylic acids is 2. The van der Waals surface area contributed by atoms with Gasteiger partial charge in [-0.25, -0.2) is 4.98 Å². The van der Waals surface area contributed by atoms with Gasteiger partial charge < -0.3 is 14.6 Å². The Morgan fingerprint density at radius 1 is 1.48 bits per heavy atom. The molecule has 0 aliphatic rings. The van der Waals surface area contributed by atoms with Crippen LogP contribution in [0.5, 0.6) is 0 Å². The van der Waals surface area contributed by atoms with E-state index in [0.29, 0.717) is 29.1 Å². The number of aryl methyl sites for hydroxylation is 1. The third-order valence-corrected chi connectivity index (χ3v) is 4.75. The van der Waals surface area contributed by atoms with Gasteiger partial charge in [0.25, 0.3) is 0 Å². The number of rotatable bonds is 9. The van der Waals surface area contributed by atoms with Gasteiger partial charge in [0.2, 0.25) is 5.91 Å². The Morgan fingerprint density at radius 3 is 3.00 bits per heavy atom. The molecule has 25 heavy (non-hydrogen) atoms. The Labute approximate surface area is 153 Å². The number of nitrogens with one attached hydrogen (secondary N) is 1. The maximum Gasteiger partial charge on any atom is 0.311 e. The van der Waals surface area contributed by atoms with Gasteiger partial charge in [0.05, 0.1) is 24.5 Å². The zero-order chi connectivity index (χ0) is 18.2. The highest BCUT2D eigenvalue weighted by atomic mass is 32.2. The van der Waals surface area contributed by atoms with E-state index in [4.69, 9.17) is 4.74 Å². The first-order valence-corrected chi connectivity index (χ1v) is 9.43. The molecule has 0 atom stereocenters. The molecule has 1 amide bonds. The zero-order valence-electron chi connectivity index (χ0n) is 14.0. The third kappa shape index (κ3) is 5.68. The summed E-state index contributed by atoms with van der Waals surface area (Å²) in [6, 6.07) is 0. The predicted molar refractivity (Wildman–Crippen MR) is 96.8 cm³/mol. The smallest absolute Gasteiger partial charge is 0.311 e. The van der Waals surface area contributed by atoms with Gasteiger partial charge in [0.15, 0.2) is 10.3 Å². The predicted octanol–water partition coefficient (Wildman–Crippen LogP) is 2.07. The number of aromatic nitrogens is 4. The van der Waals surface area contributed by atoms with Crippen molar-refractivity contribution in [1.82, 2.24) is 19.7 Å². The number of carbonyl (C=O) groups is 2. The van der Waals surface area contributed by atoms with Crippen molar-refractivity contribution in [2.75, 3.05) is 17.7 Å². The van der Waals surface area contributed by atoms with Crippen molar-refractivity contribution < 1.29 is 14.3 Å². The summed E-state index contributed by atoms with van der Waals surface area (Å²) < 4.78 is 6.75. The van der Waals surface area contributed by atoms with Crippen molar-refractivity contribution in [2.24, 2.45) is 0 Å². The van der Waals surface area contributed by atoms with Crippen LogP contribution in [-0.2, 0) is 27.3 Å². The number of anilines is 1. The summed E-state index contributed by atoms with van der Waals surface area (Å²) in [5.41, 5.74) is 0.577. The third-order valence-electron chi connectivity index (χ3n) is 2.97. The molecule has 0 radical (unpaired) electrons. The molecule has 0 unspecified atom stereocenters. The van der Waals surface area contributed by atoms with Crippen LogP contribution in [0.2, 0.25) is 0 Å².